The van der Waals surface area contributed by atoms with Crippen LogP contribution in [0.4, 0.5) is 0 Å². The van der Waals surface area contributed by atoms with Gasteiger partial charge in [0.25, 0.3) is 9.84 Å². The molecule has 0 N–H and O–H groups in total. The largest absolute Gasteiger partial charge is 0.374 e. The fourth-order valence-corrected chi connectivity index (χ4v) is 2.43. The normalized spacial score (nSPS) is 10.9. The highest BCUT2D eigenvalue weighted by molar-refractivity contribution is 8.04. The van der Waals surface area contributed by atoms with Gasteiger partial charge in [-0.1, -0.05) is 6.07 Å². The quantitative estimate of drug-likeness (QED) is 0.331. The molecule has 15 heavy (non-hydrogen) atoms. The van der Waals surface area contributed by atoms with Crippen LogP contribution in [0.5, 0.6) is 0 Å². The van der Waals surface area contributed by atoms with Crippen LogP contribution in [0, 0.1) is 20.8 Å². The van der Waals surface area contributed by atoms with Crippen LogP contribution in [-0.2, 0) is 9.84 Å². The smallest absolute Gasteiger partial charge is 0.361 e. The molecule has 80 valence electrons. The van der Waals surface area contributed by atoms with E-state index in [0.717, 1.165) is 11.1 Å². The Hall–Kier alpha value is -1.45. The Kier molecular flexibility index (Phi) is 3.07. The van der Waals surface area contributed by atoms with Crippen molar-refractivity contribution in [2.24, 2.45) is 0 Å². The minimum atomic E-state index is -3.62. The first-order valence-electron chi connectivity index (χ1n) is 4.39. The lowest BCUT2D eigenvalue weighted by Gasteiger charge is -2.07. The van der Waals surface area contributed by atoms with E-state index in [-0.39, 0.29) is 4.90 Å². The number of benzene rings is 1. The van der Waals surface area contributed by atoms with E-state index in [2.05, 4.69) is 4.79 Å². The lowest BCUT2D eigenvalue weighted by atomic mass is 10.1. The van der Waals surface area contributed by atoms with Gasteiger partial charge in [-0.2, -0.15) is 4.79 Å². The zero-order valence-electron chi connectivity index (χ0n) is 8.85. The molecule has 0 saturated heterocycles. The Labute approximate surface area is 89.1 Å². The van der Waals surface area contributed by atoms with Crippen molar-refractivity contribution in [3.63, 3.8) is 0 Å². The van der Waals surface area contributed by atoms with Gasteiger partial charge in [0.2, 0.25) is 0 Å². The van der Waals surface area contributed by atoms with Crippen molar-refractivity contribution in [1.82, 2.24) is 0 Å². The molecule has 0 aliphatic rings. The number of nitrogens with zero attached hydrogens (tertiary/aromatic N) is 2. The molecule has 0 bridgehead atoms. The predicted octanol–water partition coefficient (Wildman–Crippen LogP) is 1.64. The maximum absolute atomic E-state index is 11.6. The molecule has 0 aliphatic carbocycles. The van der Waals surface area contributed by atoms with E-state index >= 15 is 0 Å². The monoisotopic (exact) mass is 224 g/mol. The SMILES string of the molecule is Cc1ccc(S(=O)(=O)C=[N+]=[N-])c(C)c1C. The van der Waals surface area contributed by atoms with Gasteiger partial charge >= 0.3 is 5.55 Å². The summed E-state index contributed by atoms with van der Waals surface area (Å²) >= 11 is 0. The van der Waals surface area contributed by atoms with Crippen LogP contribution in [0.15, 0.2) is 17.0 Å². The van der Waals surface area contributed by atoms with Crippen molar-refractivity contribution < 1.29 is 13.2 Å². The van der Waals surface area contributed by atoms with Gasteiger partial charge < -0.3 is 5.53 Å². The van der Waals surface area contributed by atoms with E-state index in [1.54, 1.807) is 13.0 Å². The van der Waals surface area contributed by atoms with Gasteiger partial charge in [0, 0.05) is 0 Å². The van der Waals surface area contributed by atoms with Gasteiger partial charge in [0.05, 0.1) is 4.90 Å². The van der Waals surface area contributed by atoms with Gasteiger partial charge in [0.15, 0.2) is 0 Å². The second-order valence-corrected chi connectivity index (χ2v) is 5.14. The van der Waals surface area contributed by atoms with E-state index in [4.69, 9.17) is 5.53 Å². The molecule has 0 heterocycles. The summed E-state index contributed by atoms with van der Waals surface area (Å²) in [6.07, 6.45) is 0. The van der Waals surface area contributed by atoms with Gasteiger partial charge in [-0.25, -0.2) is 8.42 Å². The van der Waals surface area contributed by atoms with Crippen LogP contribution in [-0.4, -0.2) is 18.8 Å². The number of aryl methyl sites for hydroxylation is 1. The summed E-state index contributed by atoms with van der Waals surface area (Å²) in [4.78, 5) is 2.75. The van der Waals surface area contributed by atoms with Crippen molar-refractivity contribution in [3.8, 4) is 0 Å². The Balaban J connectivity index is 3.54. The standard InChI is InChI=1S/C10H12N2O2S/c1-7-4-5-10(9(3)8(7)2)15(13,14)6-12-11/h4-6H,1-3H3. The van der Waals surface area contributed by atoms with E-state index in [1.807, 2.05) is 13.8 Å². The highest BCUT2D eigenvalue weighted by Crippen LogP contribution is 2.21. The molecule has 0 atom stereocenters. The molecular weight excluding hydrogens is 212 g/mol. The van der Waals surface area contributed by atoms with E-state index < -0.39 is 9.84 Å². The molecule has 0 aromatic heterocycles. The molecular formula is C10H12N2O2S. The summed E-state index contributed by atoms with van der Waals surface area (Å²) in [6.45, 7) is 5.51. The van der Waals surface area contributed by atoms with E-state index in [9.17, 15) is 8.42 Å². The number of hydrogen-bond acceptors (Lipinski definition) is 2. The first-order chi connectivity index (χ1) is 6.90. The molecule has 0 amide bonds. The maximum atomic E-state index is 11.6. The fraction of sp³-hybridized carbons (Fsp3) is 0.300. The molecule has 1 aromatic carbocycles. The summed E-state index contributed by atoms with van der Waals surface area (Å²) in [5.41, 5.74) is 11.5. The molecule has 0 unspecified atom stereocenters. The molecule has 5 heteroatoms. The molecule has 0 spiro atoms. The van der Waals surface area contributed by atoms with Crippen LogP contribution >= 0.6 is 0 Å². The maximum Gasteiger partial charge on any atom is 0.374 e. The van der Waals surface area contributed by atoms with E-state index in [0.29, 0.717) is 11.1 Å². The molecule has 0 radical (unpaired) electrons. The van der Waals surface area contributed by atoms with Crippen molar-refractivity contribution in [2.45, 2.75) is 25.7 Å². The summed E-state index contributed by atoms with van der Waals surface area (Å²) in [5.74, 6) is 0. The first kappa shape index (κ1) is 11.6. The van der Waals surface area contributed by atoms with Crippen molar-refractivity contribution in [3.05, 3.63) is 34.4 Å². The third-order valence-electron chi connectivity index (χ3n) is 2.50. The zero-order valence-corrected chi connectivity index (χ0v) is 9.67. The van der Waals surface area contributed by atoms with Gasteiger partial charge in [-0.05, 0) is 43.5 Å². The van der Waals surface area contributed by atoms with Gasteiger partial charge in [-0.15, -0.1) is 0 Å². The molecule has 0 saturated carbocycles. The predicted molar refractivity (Wildman–Crippen MR) is 57.5 cm³/mol. The Morgan fingerprint density at radius 2 is 1.80 bits per heavy atom. The molecule has 0 fully saturated rings. The van der Waals surface area contributed by atoms with Crippen molar-refractivity contribution in [2.75, 3.05) is 0 Å². The molecule has 0 aliphatic heterocycles. The summed E-state index contributed by atoms with van der Waals surface area (Å²) in [6, 6.07) is 3.26. The third-order valence-corrected chi connectivity index (χ3v) is 3.93. The molecule has 4 nitrogen and oxygen atoms in total. The van der Waals surface area contributed by atoms with Gasteiger partial charge in [0.1, 0.15) is 0 Å². The minimum absolute atomic E-state index is 0.184. The summed E-state index contributed by atoms with van der Waals surface area (Å²) in [5, 5.41) is 0. The van der Waals surface area contributed by atoms with Crippen LogP contribution in [0.3, 0.4) is 0 Å². The Bertz CT molecular complexity index is 541. The van der Waals surface area contributed by atoms with Crippen molar-refractivity contribution in [1.29, 1.82) is 0 Å². The lowest BCUT2D eigenvalue weighted by Crippen LogP contribution is -2.06. The average Bonchev–Trinajstić information content (AvgIpc) is 2.13. The van der Waals surface area contributed by atoms with E-state index in [1.165, 1.54) is 6.07 Å². The number of hydrogen-bond donors (Lipinski definition) is 0. The van der Waals surface area contributed by atoms with Gasteiger partial charge in [-0.3, -0.25) is 0 Å². The van der Waals surface area contributed by atoms with Crippen LogP contribution < -0.4 is 0 Å². The minimum Gasteiger partial charge on any atom is -0.361 e. The first-order valence-corrected chi connectivity index (χ1v) is 5.94. The Morgan fingerprint density at radius 1 is 1.20 bits per heavy atom. The Morgan fingerprint density at radius 3 is 2.33 bits per heavy atom. The second kappa shape index (κ2) is 3.96. The highest BCUT2D eigenvalue weighted by atomic mass is 32.2. The molecule has 1 rings (SSSR count). The summed E-state index contributed by atoms with van der Waals surface area (Å²) in [7, 11) is -3.62. The summed E-state index contributed by atoms with van der Waals surface area (Å²) < 4.78 is 23.2. The second-order valence-electron chi connectivity index (χ2n) is 3.40. The van der Waals surface area contributed by atoms with Crippen LogP contribution in [0.25, 0.3) is 5.53 Å². The number of sulfone groups is 1. The third kappa shape index (κ3) is 2.14. The van der Waals surface area contributed by atoms with Crippen LogP contribution in [0.2, 0.25) is 0 Å². The topological polar surface area (TPSA) is 70.5 Å². The van der Waals surface area contributed by atoms with Crippen LogP contribution in [0.1, 0.15) is 16.7 Å². The fourth-order valence-electron chi connectivity index (χ4n) is 1.36. The number of rotatable bonds is 2. The lowest BCUT2D eigenvalue weighted by molar-refractivity contribution is 0.00753. The average molecular weight is 224 g/mol. The molecule has 1 aromatic rings. The zero-order chi connectivity index (χ0) is 11.6. The van der Waals surface area contributed by atoms with Crippen molar-refractivity contribution >= 4 is 15.4 Å². The highest BCUT2D eigenvalue weighted by Gasteiger charge is 2.19.